The van der Waals surface area contributed by atoms with Crippen molar-refractivity contribution in [1.82, 2.24) is 4.98 Å². The minimum atomic E-state index is -0.957. The highest BCUT2D eigenvalue weighted by molar-refractivity contribution is 6.30. The number of halogens is 1. The lowest BCUT2D eigenvalue weighted by molar-refractivity contribution is -0.135. The SMILES string of the molecule is CO[C@@H]1C[C@]2(CCOc3ccc(Cl)cn3)O[C@@]1(C)[C@H]1C(=O)N(c3ccc(C#N)c4ccccc34)C(=O)[C@H]12. The smallest absolute Gasteiger partial charge is 0.240 e. The number of benzene rings is 2. The molecule has 3 aliphatic rings. The fraction of sp³-hybridized carbons (Fsp3) is 0.357. The van der Waals surface area contributed by atoms with Gasteiger partial charge in [-0.2, -0.15) is 5.26 Å². The molecule has 5 atom stereocenters. The summed E-state index contributed by atoms with van der Waals surface area (Å²) in [6.07, 6.45) is 2.01. The minimum Gasteiger partial charge on any atom is -0.478 e. The highest BCUT2D eigenvalue weighted by Gasteiger charge is 2.77. The van der Waals surface area contributed by atoms with Crippen LogP contribution in [0.1, 0.15) is 25.3 Å². The average molecular weight is 518 g/mol. The summed E-state index contributed by atoms with van der Waals surface area (Å²) in [5.74, 6) is -1.56. The summed E-state index contributed by atoms with van der Waals surface area (Å²) in [7, 11) is 1.60. The Balaban J connectivity index is 1.37. The van der Waals surface area contributed by atoms with Crippen LogP contribution in [-0.2, 0) is 19.1 Å². The molecule has 0 unspecified atom stereocenters. The molecule has 0 N–H and O–H groups in total. The van der Waals surface area contributed by atoms with Gasteiger partial charge in [0.1, 0.15) is 5.60 Å². The zero-order valence-corrected chi connectivity index (χ0v) is 21.1. The van der Waals surface area contributed by atoms with Gasteiger partial charge in [0.15, 0.2) is 0 Å². The quantitative estimate of drug-likeness (QED) is 0.450. The molecule has 2 bridgehead atoms. The first-order valence-electron chi connectivity index (χ1n) is 12.1. The second kappa shape index (κ2) is 8.52. The van der Waals surface area contributed by atoms with Crippen LogP contribution in [0.5, 0.6) is 5.88 Å². The van der Waals surface area contributed by atoms with E-state index in [1.54, 1.807) is 31.4 Å². The van der Waals surface area contributed by atoms with E-state index in [-0.39, 0.29) is 24.5 Å². The van der Waals surface area contributed by atoms with E-state index in [2.05, 4.69) is 11.1 Å². The third kappa shape index (κ3) is 3.38. The van der Waals surface area contributed by atoms with Crippen molar-refractivity contribution in [3.8, 4) is 11.9 Å². The lowest BCUT2D eigenvalue weighted by Gasteiger charge is -2.35. The summed E-state index contributed by atoms with van der Waals surface area (Å²) in [4.78, 5) is 33.5. The van der Waals surface area contributed by atoms with E-state index >= 15 is 0 Å². The Bertz CT molecular complexity index is 1470. The molecule has 8 nitrogen and oxygen atoms in total. The van der Waals surface area contributed by atoms with Crippen molar-refractivity contribution >= 4 is 39.9 Å². The summed E-state index contributed by atoms with van der Waals surface area (Å²) < 4.78 is 18.2. The van der Waals surface area contributed by atoms with E-state index in [0.717, 1.165) is 0 Å². The van der Waals surface area contributed by atoms with Crippen molar-refractivity contribution < 1.29 is 23.8 Å². The topological polar surface area (TPSA) is 102 Å². The number of hydrogen-bond acceptors (Lipinski definition) is 7. The lowest BCUT2D eigenvalue weighted by atomic mass is 9.66. The second-order valence-electron chi connectivity index (χ2n) is 9.95. The number of anilines is 1. The van der Waals surface area contributed by atoms with Gasteiger partial charge in [-0.05, 0) is 25.1 Å². The van der Waals surface area contributed by atoms with Crippen LogP contribution >= 0.6 is 11.6 Å². The van der Waals surface area contributed by atoms with E-state index < -0.39 is 23.0 Å². The zero-order chi connectivity index (χ0) is 25.9. The van der Waals surface area contributed by atoms with Crippen LogP contribution in [-0.4, -0.2) is 47.8 Å². The van der Waals surface area contributed by atoms with Crippen LogP contribution in [0.4, 0.5) is 5.69 Å². The molecule has 1 aromatic heterocycles. The Morgan fingerprint density at radius 3 is 2.59 bits per heavy atom. The first-order valence-corrected chi connectivity index (χ1v) is 12.5. The average Bonchev–Trinajstić information content (AvgIpc) is 3.46. The number of carbonyl (C=O) groups excluding carboxylic acids is 2. The molecule has 3 fully saturated rings. The van der Waals surface area contributed by atoms with Gasteiger partial charge in [0.2, 0.25) is 17.7 Å². The lowest BCUT2D eigenvalue weighted by Crippen LogP contribution is -2.50. The number of hydrogen-bond donors (Lipinski definition) is 0. The maximum absolute atomic E-state index is 14.1. The molecular formula is C28H24ClN3O5. The van der Waals surface area contributed by atoms with Gasteiger partial charge in [-0.25, -0.2) is 9.88 Å². The third-order valence-corrected chi connectivity index (χ3v) is 8.33. The first kappa shape index (κ1) is 23.9. The minimum absolute atomic E-state index is 0.242. The van der Waals surface area contributed by atoms with E-state index in [4.69, 9.17) is 25.8 Å². The molecule has 0 spiro atoms. The van der Waals surface area contributed by atoms with E-state index in [1.807, 2.05) is 31.2 Å². The number of nitrogens with zero attached hydrogens (tertiary/aromatic N) is 3. The summed E-state index contributed by atoms with van der Waals surface area (Å²) in [5.41, 5.74) is -0.913. The third-order valence-electron chi connectivity index (χ3n) is 8.11. The standard InChI is InChI=1S/C28H24ClN3O5/c1-27-21(35-2)13-28(37-27,11-12-36-22-10-8-17(29)15-31-22)24-23(27)25(33)32(26(24)34)20-9-7-16(14-30)18-5-3-4-6-19(18)20/h3-10,15,21,23-24H,11-13H2,1-2H3/t21-,23-,24+,27-,28+/m1/s1. The predicted octanol–water partition coefficient (Wildman–Crippen LogP) is 4.28. The van der Waals surface area contributed by atoms with Gasteiger partial charge in [0.05, 0.1) is 52.5 Å². The maximum Gasteiger partial charge on any atom is 0.240 e. The van der Waals surface area contributed by atoms with Gasteiger partial charge >= 0.3 is 0 Å². The van der Waals surface area contributed by atoms with Gasteiger partial charge in [0, 0.05) is 43.0 Å². The number of rotatable bonds is 6. The highest BCUT2D eigenvalue weighted by atomic mass is 35.5. The number of fused-ring (bicyclic) bond motifs is 6. The summed E-state index contributed by atoms with van der Waals surface area (Å²) >= 11 is 5.91. The number of carbonyl (C=O) groups is 2. The molecule has 188 valence electrons. The van der Waals surface area contributed by atoms with E-state index in [1.165, 1.54) is 11.1 Å². The molecule has 3 aromatic rings. The van der Waals surface area contributed by atoms with Crippen molar-refractivity contribution in [2.75, 3.05) is 18.6 Å². The van der Waals surface area contributed by atoms with Crippen molar-refractivity contribution in [2.24, 2.45) is 11.8 Å². The van der Waals surface area contributed by atoms with Gasteiger partial charge in [-0.1, -0.05) is 35.9 Å². The summed E-state index contributed by atoms with van der Waals surface area (Å²) in [5, 5.41) is 11.4. The second-order valence-corrected chi connectivity index (χ2v) is 10.4. The zero-order valence-electron chi connectivity index (χ0n) is 20.3. The van der Waals surface area contributed by atoms with E-state index in [9.17, 15) is 14.9 Å². The fourth-order valence-electron chi connectivity index (χ4n) is 6.51. The molecule has 2 amide bonds. The molecule has 0 radical (unpaired) electrons. The predicted molar refractivity (Wildman–Crippen MR) is 135 cm³/mol. The van der Waals surface area contributed by atoms with Gasteiger partial charge < -0.3 is 14.2 Å². The van der Waals surface area contributed by atoms with Crippen molar-refractivity contribution in [3.63, 3.8) is 0 Å². The van der Waals surface area contributed by atoms with Crippen molar-refractivity contribution in [2.45, 2.75) is 37.1 Å². The van der Waals surface area contributed by atoms with Gasteiger partial charge in [0.25, 0.3) is 0 Å². The maximum atomic E-state index is 14.1. The number of pyridine rings is 1. The van der Waals surface area contributed by atoms with Gasteiger partial charge in [-0.3, -0.25) is 9.59 Å². The van der Waals surface area contributed by atoms with Crippen LogP contribution in [0.2, 0.25) is 5.02 Å². The fourth-order valence-corrected chi connectivity index (χ4v) is 6.62. The van der Waals surface area contributed by atoms with Gasteiger partial charge in [-0.15, -0.1) is 0 Å². The van der Waals surface area contributed by atoms with Crippen LogP contribution in [0.25, 0.3) is 10.8 Å². The molecular weight excluding hydrogens is 494 g/mol. The molecule has 0 saturated carbocycles. The Hall–Kier alpha value is -3.51. The van der Waals surface area contributed by atoms with E-state index in [0.29, 0.717) is 45.8 Å². The highest BCUT2D eigenvalue weighted by Crippen LogP contribution is 2.63. The van der Waals surface area contributed by atoms with Crippen LogP contribution in [0, 0.1) is 23.2 Å². The monoisotopic (exact) mass is 517 g/mol. The summed E-state index contributed by atoms with van der Waals surface area (Å²) in [6.45, 7) is 2.10. The molecule has 9 heteroatoms. The molecule has 4 heterocycles. The number of aromatic nitrogens is 1. The number of imide groups is 1. The molecule has 3 saturated heterocycles. The van der Waals surface area contributed by atoms with Crippen LogP contribution in [0.15, 0.2) is 54.7 Å². The molecule has 0 aliphatic carbocycles. The normalized spacial score (nSPS) is 30.1. The number of methoxy groups -OCH3 is 1. The van der Waals surface area contributed by atoms with Crippen molar-refractivity contribution in [1.29, 1.82) is 5.26 Å². The Labute approximate surface area is 218 Å². The Morgan fingerprint density at radius 2 is 1.89 bits per heavy atom. The molecule has 3 aliphatic heterocycles. The summed E-state index contributed by atoms with van der Waals surface area (Å²) in [6, 6.07) is 16.2. The van der Waals surface area contributed by atoms with Crippen molar-refractivity contribution in [3.05, 3.63) is 65.3 Å². The first-order chi connectivity index (χ1) is 17.8. The number of nitriles is 1. The Morgan fingerprint density at radius 1 is 1.14 bits per heavy atom. The molecule has 37 heavy (non-hydrogen) atoms. The number of amides is 2. The number of ether oxygens (including phenoxy) is 3. The Kier molecular flexibility index (Phi) is 5.50. The molecule has 6 rings (SSSR count). The molecule has 2 aromatic carbocycles. The van der Waals surface area contributed by atoms with Crippen LogP contribution < -0.4 is 9.64 Å². The largest absolute Gasteiger partial charge is 0.478 e. The van der Waals surface area contributed by atoms with Crippen LogP contribution in [0.3, 0.4) is 0 Å².